The third-order valence-corrected chi connectivity index (χ3v) is 5.56. The van der Waals surface area contributed by atoms with Gasteiger partial charge in [-0.05, 0) is 59.2 Å². The number of hydrogen-bond acceptors (Lipinski definition) is 5. The van der Waals surface area contributed by atoms with Crippen LogP contribution < -0.4 is 14.8 Å². The van der Waals surface area contributed by atoms with Gasteiger partial charge in [-0.1, -0.05) is 41.9 Å². The Kier molecular flexibility index (Phi) is 7.03. The lowest BCUT2D eigenvalue weighted by atomic mass is 10.1. The van der Waals surface area contributed by atoms with Crippen LogP contribution in [-0.2, 0) is 17.9 Å². The number of benzene rings is 3. The summed E-state index contributed by atoms with van der Waals surface area (Å²) in [6.45, 7) is 0.341. The van der Waals surface area contributed by atoms with Crippen LogP contribution in [0.1, 0.15) is 27.0 Å². The van der Waals surface area contributed by atoms with Crippen molar-refractivity contribution >= 4 is 35.6 Å². The minimum atomic E-state index is -0.992. The van der Waals surface area contributed by atoms with Crippen molar-refractivity contribution in [1.29, 1.82) is 0 Å². The molecule has 9 heteroatoms. The van der Waals surface area contributed by atoms with Gasteiger partial charge >= 0.3 is 12.0 Å². The summed E-state index contributed by atoms with van der Waals surface area (Å²) in [4.78, 5) is 37.3. The average molecular weight is 493 g/mol. The first-order valence-electron chi connectivity index (χ1n) is 10.6. The second-order valence-electron chi connectivity index (χ2n) is 7.71. The molecule has 1 saturated heterocycles. The molecule has 1 fully saturated rings. The van der Waals surface area contributed by atoms with Gasteiger partial charge in [0, 0.05) is 5.02 Å². The van der Waals surface area contributed by atoms with Crippen LogP contribution in [0.15, 0.2) is 72.4 Å². The number of hydrogen-bond donors (Lipinski definition) is 2. The molecule has 35 heavy (non-hydrogen) atoms. The molecule has 8 nitrogen and oxygen atoms in total. The molecule has 0 atom stereocenters. The minimum Gasteiger partial charge on any atom is -0.493 e. The summed E-state index contributed by atoms with van der Waals surface area (Å²) in [5.41, 5.74) is 2.56. The molecule has 0 aromatic heterocycles. The highest BCUT2D eigenvalue weighted by atomic mass is 35.5. The zero-order valence-corrected chi connectivity index (χ0v) is 19.4. The van der Waals surface area contributed by atoms with E-state index >= 15 is 0 Å². The smallest absolute Gasteiger partial charge is 0.335 e. The summed E-state index contributed by atoms with van der Waals surface area (Å²) in [7, 11) is 1.50. The summed E-state index contributed by atoms with van der Waals surface area (Å²) in [5, 5.41) is 12.2. The van der Waals surface area contributed by atoms with Crippen LogP contribution in [0.5, 0.6) is 11.5 Å². The average Bonchev–Trinajstić information content (AvgIpc) is 3.11. The molecule has 0 aliphatic carbocycles. The van der Waals surface area contributed by atoms with E-state index < -0.39 is 17.9 Å². The van der Waals surface area contributed by atoms with Crippen molar-refractivity contribution in [2.45, 2.75) is 13.2 Å². The maximum atomic E-state index is 12.8. The number of halogens is 1. The first-order chi connectivity index (χ1) is 16.8. The van der Waals surface area contributed by atoms with Crippen LogP contribution in [0.4, 0.5) is 4.79 Å². The number of amides is 3. The van der Waals surface area contributed by atoms with Crippen molar-refractivity contribution in [2.24, 2.45) is 0 Å². The molecule has 0 saturated carbocycles. The highest BCUT2D eigenvalue weighted by Crippen LogP contribution is 2.30. The first kappa shape index (κ1) is 23.8. The third-order valence-electron chi connectivity index (χ3n) is 5.31. The number of carbonyl (C=O) groups is 3. The molecule has 3 aromatic rings. The molecule has 0 unspecified atom stereocenters. The predicted octanol–water partition coefficient (Wildman–Crippen LogP) is 4.72. The van der Waals surface area contributed by atoms with Gasteiger partial charge in [-0.25, -0.2) is 9.59 Å². The molecule has 1 aliphatic heterocycles. The van der Waals surface area contributed by atoms with Gasteiger partial charge in [0.15, 0.2) is 11.5 Å². The Morgan fingerprint density at radius 3 is 2.34 bits per heavy atom. The Labute approximate surface area is 206 Å². The maximum absolute atomic E-state index is 12.8. The summed E-state index contributed by atoms with van der Waals surface area (Å²) < 4.78 is 11.2. The number of ether oxygens (including phenoxy) is 2. The number of carboxylic acids is 1. The van der Waals surface area contributed by atoms with Crippen molar-refractivity contribution in [3.63, 3.8) is 0 Å². The highest BCUT2D eigenvalue weighted by molar-refractivity contribution is 6.30. The number of rotatable bonds is 8. The van der Waals surface area contributed by atoms with Crippen molar-refractivity contribution in [3.8, 4) is 11.5 Å². The number of carbonyl (C=O) groups excluding carboxylic acids is 2. The fourth-order valence-corrected chi connectivity index (χ4v) is 3.58. The zero-order chi connectivity index (χ0) is 24.9. The molecule has 3 amide bonds. The Bertz CT molecular complexity index is 1300. The number of nitrogens with one attached hydrogen (secondary N) is 1. The summed E-state index contributed by atoms with van der Waals surface area (Å²) in [5.74, 6) is -0.512. The molecule has 0 bridgehead atoms. The molecule has 1 heterocycles. The lowest BCUT2D eigenvalue weighted by Gasteiger charge is -2.12. The van der Waals surface area contributed by atoms with Gasteiger partial charge in [-0.15, -0.1) is 0 Å². The molecule has 1 aliphatic rings. The van der Waals surface area contributed by atoms with Gasteiger partial charge in [-0.3, -0.25) is 9.69 Å². The number of aromatic carboxylic acids is 1. The number of urea groups is 1. The molecule has 0 radical (unpaired) electrons. The van der Waals surface area contributed by atoms with Gasteiger partial charge in [0.25, 0.3) is 5.91 Å². The van der Waals surface area contributed by atoms with Crippen molar-refractivity contribution < 1.29 is 29.0 Å². The maximum Gasteiger partial charge on any atom is 0.335 e. The van der Waals surface area contributed by atoms with Crippen LogP contribution in [0.25, 0.3) is 6.08 Å². The topological polar surface area (TPSA) is 105 Å². The highest BCUT2D eigenvalue weighted by Gasteiger charge is 2.33. The lowest BCUT2D eigenvalue weighted by molar-refractivity contribution is -0.123. The molecule has 178 valence electrons. The second kappa shape index (κ2) is 10.3. The fourth-order valence-electron chi connectivity index (χ4n) is 3.45. The van der Waals surface area contributed by atoms with E-state index in [4.69, 9.17) is 26.2 Å². The van der Waals surface area contributed by atoms with E-state index in [0.717, 1.165) is 16.0 Å². The molecular weight excluding hydrogens is 472 g/mol. The van der Waals surface area contributed by atoms with Gasteiger partial charge < -0.3 is 19.9 Å². The standard InChI is InChI=1S/C26H21ClN2O6/c1-34-23-13-18(6-11-22(23)35-15-17-2-7-19(8-3-17)25(31)32)12-21-24(30)29(26(33)28-21)14-16-4-9-20(27)10-5-16/h2-13H,14-15H2,1H3,(H,28,33)(H,31,32). The van der Waals surface area contributed by atoms with Gasteiger partial charge in [0.1, 0.15) is 12.3 Å². The Morgan fingerprint density at radius 1 is 1.00 bits per heavy atom. The van der Waals surface area contributed by atoms with E-state index in [1.54, 1.807) is 60.7 Å². The van der Waals surface area contributed by atoms with E-state index in [1.807, 2.05) is 0 Å². The lowest BCUT2D eigenvalue weighted by Crippen LogP contribution is -2.30. The molecule has 4 rings (SSSR count). The van der Waals surface area contributed by atoms with Crippen molar-refractivity contribution in [2.75, 3.05) is 7.11 Å². The predicted molar refractivity (Wildman–Crippen MR) is 129 cm³/mol. The summed E-state index contributed by atoms with van der Waals surface area (Å²) in [6.07, 6.45) is 1.57. The quantitative estimate of drug-likeness (QED) is 0.348. The number of nitrogens with zero attached hydrogens (tertiary/aromatic N) is 1. The van der Waals surface area contributed by atoms with Crippen LogP contribution >= 0.6 is 11.6 Å². The first-order valence-corrected chi connectivity index (χ1v) is 10.9. The van der Waals surface area contributed by atoms with E-state index in [9.17, 15) is 14.4 Å². The zero-order valence-electron chi connectivity index (χ0n) is 18.7. The number of carboxylic acid groups (broad SMARTS) is 1. The van der Waals surface area contributed by atoms with Gasteiger partial charge in [-0.2, -0.15) is 0 Å². The van der Waals surface area contributed by atoms with E-state index in [1.165, 1.54) is 19.2 Å². The van der Waals surface area contributed by atoms with Crippen LogP contribution in [0.2, 0.25) is 5.02 Å². The van der Waals surface area contributed by atoms with Gasteiger partial charge in [0.2, 0.25) is 0 Å². The van der Waals surface area contributed by atoms with Gasteiger partial charge in [0.05, 0.1) is 19.2 Å². The summed E-state index contributed by atoms with van der Waals surface area (Å²) >= 11 is 5.89. The van der Waals surface area contributed by atoms with Crippen molar-refractivity contribution in [3.05, 3.63) is 99.7 Å². The van der Waals surface area contributed by atoms with Crippen LogP contribution in [0.3, 0.4) is 0 Å². The molecule has 0 spiro atoms. The Morgan fingerprint density at radius 2 is 1.69 bits per heavy atom. The SMILES string of the molecule is COc1cc(C=C2NC(=O)N(Cc3ccc(Cl)cc3)C2=O)ccc1OCc1ccc(C(=O)O)cc1. The Balaban J connectivity index is 1.45. The van der Waals surface area contributed by atoms with Crippen LogP contribution in [0, 0.1) is 0 Å². The summed E-state index contributed by atoms with van der Waals surface area (Å²) in [6, 6.07) is 17.9. The number of methoxy groups -OCH3 is 1. The molecule has 2 N–H and O–H groups in total. The molecular formula is C26H21ClN2O6. The van der Waals surface area contributed by atoms with Crippen molar-refractivity contribution in [1.82, 2.24) is 10.2 Å². The van der Waals surface area contributed by atoms with E-state index in [0.29, 0.717) is 22.1 Å². The molecule has 3 aromatic carbocycles. The van der Waals surface area contributed by atoms with Crippen LogP contribution in [-0.4, -0.2) is 35.0 Å². The third kappa shape index (κ3) is 5.62. The Hall–Kier alpha value is -4.30. The second-order valence-corrected chi connectivity index (χ2v) is 8.14. The normalized spacial score (nSPS) is 14.2. The largest absolute Gasteiger partial charge is 0.493 e. The van der Waals surface area contributed by atoms with E-state index in [2.05, 4.69) is 5.32 Å². The monoisotopic (exact) mass is 492 g/mol. The minimum absolute atomic E-state index is 0.128. The number of imide groups is 1. The fraction of sp³-hybridized carbons (Fsp3) is 0.115. The van der Waals surface area contributed by atoms with E-state index in [-0.39, 0.29) is 24.4 Å².